The molecule has 1 aliphatic rings. The first-order valence-corrected chi connectivity index (χ1v) is 13.1. The van der Waals surface area contributed by atoms with Crippen LogP contribution in [0.15, 0.2) is 77.8 Å². The van der Waals surface area contributed by atoms with Crippen LogP contribution in [-0.2, 0) is 6.54 Å². The molecule has 184 valence electrons. The zero-order chi connectivity index (χ0) is 25.0. The van der Waals surface area contributed by atoms with Crippen molar-refractivity contribution in [1.29, 1.82) is 0 Å². The standard InChI is InChI=1S/C29H23F2N5S/c30-29(31)7-8-36(17-29)15-18-10-21(14-32-13-18)19-4-5-26-24(11-19)28(35-34-26)27-12-23-22(20-6-9-37-16-20)2-1-3-25(23)33-27/h1-6,9-14,16,33H,7-8,15,17H2,(H,34,35). The third kappa shape index (κ3) is 4.12. The maximum absolute atomic E-state index is 13.6. The Morgan fingerprint density at radius 1 is 0.946 bits per heavy atom. The van der Waals surface area contributed by atoms with Gasteiger partial charge in [0.1, 0.15) is 5.69 Å². The molecule has 2 N–H and O–H groups in total. The molecule has 0 amide bonds. The number of aromatic amines is 2. The Morgan fingerprint density at radius 2 is 1.89 bits per heavy atom. The summed E-state index contributed by atoms with van der Waals surface area (Å²) in [6.45, 7) is 0.678. The Morgan fingerprint density at radius 3 is 2.73 bits per heavy atom. The molecule has 5 heterocycles. The van der Waals surface area contributed by atoms with Gasteiger partial charge in [-0.2, -0.15) is 16.4 Å². The van der Waals surface area contributed by atoms with Gasteiger partial charge >= 0.3 is 0 Å². The summed E-state index contributed by atoms with van der Waals surface area (Å²) in [5.41, 5.74) is 9.10. The molecule has 4 aromatic heterocycles. The molecule has 0 bridgehead atoms. The fourth-order valence-electron chi connectivity index (χ4n) is 5.28. The van der Waals surface area contributed by atoms with Crippen LogP contribution in [0.2, 0.25) is 0 Å². The highest BCUT2D eigenvalue weighted by atomic mass is 32.1. The van der Waals surface area contributed by atoms with Crippen molar-refractivity contribution in [3.63, 3.8) is 0 Å². The van der Waals surface area contributed by atoms with E-state index in [1.165, 1.54) is 11.1 Å². The van der Waals surface area contributed by atoms with E-state index in [1.807, 2.05) is 24.4 Å². The molecule has 7 rings (SSSR count). The van der Waals surface area contributed by atoms with Crippen molar-refractivity contribution in [1.82, 2.24) is 25.1 Å². The lowest BCUT2D eigenvalue weighted by atomic mass is 10.0. The number of likely N-dealkylation sites (tertiary alicyclic amines) is 1. The summed E-state index contributed by atoms with van der Waals surface area (Å²) in [6.07, 6.45) is 3.50. The van der Waals surface area contributed by atoms with Crippen LogP contribution in [0, 0.1) is 0 Å². The lowest BCUT2D eigenvalue weighted by molar-refractivity contribution is 0.0115. The molecule has 0 radical (unpaired) electrons. The number of benzene rings is 2. The van der Waals surface area contributed by atoms with Gasteiger partial charge in [0.05, 0.1) is 17.8 Å². The van der Waals surface area contributed by atoms with Crippen molar-refractivity contribution in [3.05, 3.63) is 83.3 Å². The number of pyridine rings is 1. The monoisotopic (exact) mass is 511 g/mol. The molecule has 1 fully saturated rings. The van der Waals surface area contributed by atoms with Gasteiger partial charge < -0.3 is 4.98 Å². The highest BCUT2D eigenvalue weighted by Crippen LogP contribution is 2.36. The van der Waals surface area contributed by atoms with E-state index < -0.39 is 5.92 Å². The molecular weight excluding hydrogens is 488 g/mol. The van der Waals surface area contributed by atoms with Gasteiger partial charge in [-0.05, 0) is 69.4 Å². The van der Waals surface area contributed by atoms with E-state index in [9.17, 15) is 8.78 Å². The molecule has 0 saturated carbocycles. The van der Waals surface area contributed by atoms with E-state index in [2.05, 4.69) is 67.3 Å². The molecule has 0 spiro atoms. The van der Waals surface area contributed by atoms with Crippen molar-refractivity contribution in [3.8, 4) is 33.6 Å². The second-order valence-electron chi connectivity index (χ2n) is 9.69. The number of halogens is 2. The normalized spacial score (nSPS) is 15.7. The smallest absolute Gasteiger partial charge is 0.261 e. The molecule has 1 saturated heterocycles. The van der Waals surface area contributed by atoms with E-state index in [0.29, 0.717) is 13.1 Å². The van der Waals surface area contributed by atoms with Crippen molar-refractivity contribution < 1.29 is 8.78 Å². The predicted octanol–water partition coefficient (Wildman–Crippen LogP) is 7.34. The Bertz CT molecular complexity index is 1730. The lowest BCUT2D eigenvalue weighted by Gasteiger charge is -2.15. The van der Waals surface area contributed by atoms with Gasteiger partial charge in [0.25, 0.3) is 5.92 Å². The summed E-state index contributed by atoms with van der Waals surface area (Å²) in [7, 11) is 0. The summed E-state index contributed by atoms with van der Waals surface area (Å²) in [6, 6.07) is 18.8. The summed E-state index contributed by atoms with van der Waals surface area (Å²) >= 11 is 1.69. The van der Waals surface area contributed by atoms with Crippen LogP contribution in [0.25, 0.3) is 55.4 Å². The number of fused-ring (bicyclic) bond motifs is 2. The summed E-state index contributed by atoms with van der Waals surface area (Å²) in [5.74, 6) is -2.60. The fourth-order valence-corrected chi connectivity index (χ4v) is 5.94. The van der Waals surface area contributed by atoms with E-state index >= 15 is 0 Å². The van der Waals surface area contributed by atoms with Gasteiger partial charge in [0.15, 0.2) is 0 Å². The third-order valence-electron chi connectivity index (χ3n) is 7.10. The summed E-state index contributed by atoms with van der Waals surface area (Å²) in [4.78, 5) is 9.75. The number of rotatable bonds is 5. The molecule has 0 aliphatic carbocycles. The van der Waals surface area contributed by atoms with Crippen LogP contribution in [0.4, 0.5) is 8.78 Å². The van der Waals surface area contributed by atoms with Gasteiger partial charge in [0.2, 0.25) is 0 Å². The molecule has 1 aliphatic heterocycles. The van der Waals surface area contributed by atoms with Crippen molar-refractivity contribution in [2.75, 3.05) is 13.1 Å². The number of H-pyrrole nitrogens is 2. The average Bonchev–Trinajstić information content (AvgIpc) is 3.69. The zero-order valence-electron chi connectivity index (χ0n) is 19.8. The van der Waals surface area contributed by atoms with E-state index in [-0.39, 0.29) is 13.0 Å². The van der Waals surface area contributed by atoms with Crippen LogP contribution in [0.5, 0.6) is 0 Å². The maximum Gasteiger partial charge on any atom is 0.261 e. The third-order valence-corrected chi connectivity index (χ3v) is 7.78. The molecule has 37 heavy (non-hydrogen) atoms. The summed E-state index contributed by atoms with van der Waals surface area (Å²) in [5, 5.41) is 14.2. The molecule has 2 aromatic carbocycles. The van der Waals surface area contributed by atoms with Gasteiger partial charge in [-0.15, -0.1) is 0 Å². The number of hydrogen-bond donors (Lipinski definition) is 2. The Hall–Kier alpha value is -3.88. The molecule has 5 nitrogen and oxygen atoms in total. The van der Waals surface area contributed by atoms with Crippen molar-refractivity contribution in [2.45, 2.75) is 18.9 Å². The highest BCUT2D eigenvalue weighted by Gasteiger charge is 2.37. The fraction of sp³-hybridized carbons (Fsp3) is 0.172. The number of thiophene rings is 1. The first-order chi connectivity index (χ1) is 18.0. The largest absolute Gasteiger partial charge is 0.353 e. The average molecular weight is 512 g/mol. The molecule has 0 unspecified atom stereocenters. The van der Waals surface area contributed by atoms with Crippen LogP contribution in [0.1, 0.15) is 12.0 Å². The number of hydrogen-bond acceptors (Lipinski definition) is 4. The first kappa shape index (κ1) is 22.3. The predicted molar refractivity (Wildman–Crippen MR) is 145 cm³/mol. The van der Waals surface area contributed by atoms with Gasteiger partial charge in [-0.3, -0.25) is 15.0 Å². The maximum atomic E-state index is 13.6. The van der Waals surface area contributed by atoms with Gasteiger partial charge in [0, 0.05) is 53.8 Å². The SMILES string of the molecule is FC1(F)CCN(Cc2cncc(-c3ccc4[nH]nc(-c5cc6c(-c7ccsc7)cccc6[nH]5)c4c3)c2)C1. The zero-order valence-corrected chi connectivity index (χ0v) is 20.7. The second kappa shape index (κ2) is 8.61. The highest BCUT2D eigenvalue weighted by molar-refractivity contribution is 7.08. The quantitative estimate of drug-likeness (QED) is 0.255. The van der Waals surface area contributed by atoms with Crippen molar-refractivity contribution in [2.24, 2.45) is 0 Å². The second-order valence-corrected chi connectivity index (χ2v) is 10.5. The van der Waals surface area contributed by atoms with Crippen LogP contribution < -0.4 is 0 Å². The van der Waals surface area contributed by atoms with Gasteiger partial charge in [-0.1, -0.05) is 18.2 Å². The molecule has 6 aromatic rings. The number of nitrogens with zero attached hydrogens (tertiary/aromatic N) is 3. The Kier molecular flexibility index (Phi) is 5.19. The Labute approximate surface area is 215 Å². The topological polar surface area (TPSA) is 60.6 Å². The summed E-state index contributed by atoms with van der Waals surface area (Å²) < 4.78 is 27.3. The van der Waals surface area contributed by atoms with Gasteiger partial charge in [-0.25, -0.2) is 8.78 Å². The van der Waals surface area contributed by atoms with E-state index in [0.717, 1.165) is 49.9 Å². The van der Waals surface area contributed by atoms with Crippen LogP contribution in [0.3, 0.4) is 0 Å². The molecule has 8 heteroatoms. The molecule has 0 atom stereocenters. The Balaban J connectivity index is 1.24. The van der Waals surface area contributed by atoms with Crippen LogP contribution in [-0.4, -0.2) is 44.1 Å². The first-order valence-electron chi connectivity index (χ1n) is 12.2. The number of aromatic nitrogens is 4. The molecular formula is C29H23F2N5S. The number of alkyl halides is 2. The van der Waals surface area contributed by atoms with E-state index in [4.69, 9.17) is 0 Å². The minimum Gasteiger partial charge on any atom is -0.353 e. The van der Waals surface area contributed by atoms with Crippen LogP contribution >= 0.6 is 11.3 Å². The minimum atomic E-state index is -2.60. The minimum absolute atomic E-state index is 0.0808. The van der Waals surface area contributed by atoms with E-state index in [1.54, 1.807) is 22.4 Å². The lowest BCUT2D eigenvalue weighted by Crippen LogP contribution is -2.24. The number of nitrogens with one attached hydrogen (secondary N) is 2. The van der Waals surface area contributed by atoms with Crippen molar-refractivity contribution >= 4 is 33.1 Å².